The Hall–Kier alpha value is -2.24. The van der Waals surface area contributed by atoms with Gasteiger partial charge in [0, 0.05) is 29.4 Å². The highest BCUT2D eigenvalue weighted by molar-refractivity contribution is 6.32. The predicted octanol–water partition coefficient (Wildman–Crippen LogP) is 4.00. The third-order valence-corrected chi connectivity index (χ3v) is 4.38. The third-order valence-electron chi connectivity index (χ3n) is 3.84. The first-order valence-electron chi connectivity index (χ1n) is 7.81. The Kier molecular flexibility index (Phi) is 5.46. The number of nitrogens with zero attached hydrogens (tertiary/aromatic N) is 2. The van der Waals surface area contributed by atoms with Crippen LogP contribution in [0.1, 0.15) is 16.8 Å². The monoisotopic (exact) mass is 377 g/mol. The molecule has 5 nitrogen and oxygen atoms in total. The SMILES string of the molecule is COc1ccc(N2CCCN=C2NC(=O)c2ccc(Cl)cc2)cc1Cl. The van der Waals surface area contributed by atoms with Gasteiger partial charge in [-0.2, -0.15) is 0 Å². The van der Waals surface area contributed by atoms with Crippen molar-refractivity contribution in [3.8, 4) is 5.75 Å². The van der Waals surface area contributed by atoms with Gasteiger partial charge in [0.15, 0.2) is 0 Å². The molecule has 0 unspecified atom stereocenters. The van der Waals surface area contributed by atoms with E-state index in [-0.39, 0.29) is 5.91 Å². The standard InChI is InChI=1S/C18H17Cl2N3O2/c1-25-16-8-7-14(11-15(16)20)23-10-2-9-21-18(23)22-17(24)12-3-5-13(19)6-4-12/h3-8,11H,2,9-10H2,1H3,(H,21,22,24). The van der Waals surface area contributed by atoms with Gasteiger partial charge in [-0.1, -0.05) is 23.2 Å². The average molecular weight is 378 g/mol. The third kappa shape index (κ3) is 4.06. The fourth-order valence-electron chi connectivity index (χ4n) is 2.56. The Morgan fingerprint density at radius 3 is 2.64 bits per heavy atom. The molecule has 1 amide bonds. The Morgan fingerprint density at radius 1 is 1.20 bits per heavy atom. The number of rotatable bonds is 3. The van der Waals surface area contributed by atoms with Gasteiger partial charge < -0.3 is 9.64 Å². The summed E-state index contributed by atoms with van der Waals surface area (Å²) in [7, 11) is 1.57. The van der Waals surface area contributed by atoms with Gasteiger partial charge >= 0.3 is 0 Å². The second-order valence-corrected chi connectivity index (χ2v) is 6.33. The van der Waals surface area contributed by atoms with Crippen LogP contribution in [0.15, 0.2) is 47.5 Å². The summed E-state index contributed by atoms with van der Waals surface area (Å²) in [5.74, 6) is 0.875. The zero-order valence-electron chi connectivity index (χ0n) is 13.6. The number of carbonyl (C=O) groups is 1. The van der Waals surface area contributed by atoms with Gasteiger partial charge in [-0.15, -0.1) is 0 Å². The van der Waals surface area contributed by atoms with Crippen molar-refractivity contribution in [1.82, 2.24) is 5.32 Å². The normalized spacial score (nSPS) is 14.0. The summed E-state index contributed by atoms with van der Waals surface area (Å²) in [6.07, 6.45) is 0.893. The van der Waals surface area contributed by atoms with Crippen LogP contribution in [0, 0.1) is 0 Å². The van der Waals surface area contributed by atoms with Crippen molar-refractivity contribution in [2.75, 3.05) is 25.1 Å². The van der Waals surface area contributed by atoms with E-state index < -0.39 is 0 Å². The fourth-order valence-corrected chi connectivity index (χ4v) is 2.94. The molecule has 3 rings (SSSR count). The molecule has 0 aliphatic carbocycles. The Labute approximate surface area is 156 Å². The lowest BCUT2D eigenvalue weighted by atomic mass is 10.2. The number of anilines is 1. The highest BCUT2D eigenvalue weighted by Crippen LogP contribution is 2.29. The minimum Gasteiger partial charge on any atom is -0.495 e. The summed E-state index contributed by atoms with van der Waals surface area (Å²) in [6.45, 7) is 1.40. The van der Waals surface area contributed by atoms with Gasteiger partial charge in [-0.3, -0.25) is 15.1 Å². The summed E-state index contributed by atoms with van der Waals surface area (Å²) in [4.78, 5) is 18.8. The van der Waals surface area contributed by atoms with Crippen LogP contribution in [-0.4, -0.2) is 32.1 Å². The molecule has 1 heterocycles. The number of ether oxygens (including phenoxy) is 1. The quantitative estimate of drug-likeness (QED) is 0.879. The lowest BCUT2D eigenvalue weighted by Gasteiger charge is -2.29. The molecule has 0 fully saturated rings. The number of methoxy groups -OCH3 is 1. The molecule has 1 N–H and O–H groups in total. The molecule has 1 aliphatic heterocycles. The van der Waals surface area contributed by atoms with Crippen LogP contribution in [0.3, 0.4) is 0 Å². The van der Waals surface area contributed by atoms with Gasteiger partial charge in [0.2, 0.25) is 5.96 Å². The van der Waals surface area contributed by atoms with E-state index in [1.54, 1.807) is 43.5 Å². The van der Waals surface area contributed by atoms with Crippen molar-refractivity contribution in [1.29, 1.82) is 0 Å². The van der Waals surface area contributed by atoms with E-state index in [2.05, 4.69) is 10.3 Å². The molecule has 0 bridgehead atoms. The van der Waals surface area contributed by atoms with Gasteiger partial charge in [0.1, 0.15) is 5.75 Å². The number of hydrogen-bond acceptors (Lipinski definition) is 4. The molecule has 130 valence electrons. The maximum atomic E-state index is 12.5. The summed E-state index contributed by atoms with van der Waals surface area (Å²) in [6, 6.07) is 12.2. The first-order chi connectivity index (χ1) is 12.1. The van der Waals surface area contributed by atoms with E-state index in [1.807, 2.05) is 11.0 Å². The number of benzene rings is 2. The number of amides is 1. The topological polar surface area (TPSA) is 53.9 Å². The number of carbonyl (C=O) groups excluding carboxylic acids is 1. The molecule has 1 aliphatic rings. The molecular weight excluding hydrogens is 361 g/mol. The van der Waals surface area contributed by atoms with Crippen molar-refractivity contribution in [3.05, 3.63) is 58.1 Å². The summed E-state index contributed by atoms with van der Waals surface area (Å²) in [5.41, 5.74) is 1.37. The number of aliphatic imine (C=N–C) groups is 1. The van der Waals surface area contributed by atoms with Crippen molar-refractivity contribution >= 4 is 40.8 Å². The van der Waals surface area contributed by atoms with Crippen molar-refractivity contribution in [2.24, 2.45) is 4.99 Å². The van der Waals surface area contributed by atoms with E-state index in [0.717, 1.165) is 18.7 Å². The molecule has 0 radical (unpaired) electrons. The van der Waals surface area contributed by atoms with E-state index in [1.165, 1.54) is 0 Å². The number of halogens is 2. The van der Waals surface area contributed by atoms with Crippen LogP contribution in [0.2, 0.25) is 10.0 Å². The van der Waals surface area contributed by atoms with Crippen LogP contribution >= 0.6 is 23.2 Å². The Bertz CT molecular complexity index is 806. The summed E-state index contributed by atoms with van der Waals surface area (Å²) >= 11 is 12.1. The fraction of sp³-hybridized carbons (Fsp3) is 0.222. The molecule has 2 aromatic carbocycles. The summed E-state index contributed by atoms with van der Waals surface area (Å²) < 4.78 is 5.18. The van der Waals surface area contributed by atoms with E-state index in [9.17, 15) is 4.79 Å². The largest absolute Gasteiger partial charge is 0.495 e. The summed E-state index contributed by atoms with van der Waals surface area (Å²) in [5, 5.41) is 3.96. The maximum absolute atomic E-state index is 12.5. The Balaban J connectivity index is 1.81. The van der Waals surface area contributed by atoms with Crippen LogP contribution in [-0.2, 0) is 0 Å². The maximum Gasteiger partial charge on any atom is 0.257 e. The highest BCUT2D eigenvalue weighted by atomic mass is 35.5. The van der Waals surface area contributed by atoms with Crippen LogP contribution < -0.4 is 15.0 Å². The zero-order valence-corrected chi connectivity index (χ0v) is 15.1. The lowest BCUT2D eigenvalue weighted by molar-refractivity contribution is 0.0976. The van der Waals surface area contributed by atoms with E-state index >= 15 is 0 Å². The first-order valence-corrected chi connectivity index (χ1v) is 8.56. The average Bonchev–Trinajstić information content (AvgIpc) is 2.62. The van der Waals surface area contributed by atoms with Crippen molar-refractivity contribution in [3.63, 3.8) is 0 Å². The van der Waals surface area contributed by atoms with E-state index in [4.69, 9.17) is 27.9 Å². The molecule has 0 atom stereocenters. The van der Waals surface area contributed by atoms with Gasteiger partial charge in [0.05, 0.1) is 12.1 Å². The molecule has 2 aromatic rings. The second-order valence-electron chi connectivity index (χ2n) is 5.49. The molecule has 0 aromatic heterocycles. The van der Waals surface area contributed by atoms with Crippen molar-refractivity contribution in [2.45, 2.75) is 6.42 Å². The number of hydrogen-bond donors (Lipinski definition) is 1. The van der Waals surface area contributed by atoms with Crippen LogP contribution in [0.25, 0.3) is 0 Å². The smallest absolute Gasteiger partial charge is 0.257 e. The van der Waals surface area contributed by atoms with Gasteiger partial charge in [0.25, 0.3) is 5.91 Å². The predicted molar refractivity (Wildman–Crippen MR) is 101 cm³/mol. The first kappa shape index (κ1) is 17.6. The Morgan fingerprint density at radius 2 is 1.96 bits per heavy atom. The van der Waals surface area contributed by atoms with Gasteiger partial charge in [-0.25, -0.2) is 0 Å². The molecule has 0 spiro atoms. The molecule has 0 saturated carbocycles. The van der Waals surface area contributed by atoms with Crippen LogP contribution in [0.5, 0.6) is 5.75 Å². The molecule has 25 heavy (non-hydrogen) atoms. The highest BCUT2D eigenvalue weighted by Gasteiger charge is 2.20. The van der Waals surface area contributed by atoms with Crippen molar-refractivity contribution < 1.29 is 9.53 Å². The minimum absolute atomic E-state index is 0.234. The molecule has 0 saturated heterocycles. The number of nitrogens with one attached hydrogen (secondary N) is 1. The lowest BCUT2D eigenvalue weighted by Crippen LogP contribution is -2.47. The second kappa shape index (κ2) is 7.76. The van der Waals surface area contributed by atoms with Crippen LogP contribution in [0.4, 0.5) is 5.69 Å². The molecule has 7 heteroatoms. The zero-order chi connectivity index (χ0) is 17.8. The molecular formula is C18H17Cl2N3O2. The van der Waals surface area contributed by atoms with Gasteiger partial charge in [-0.05, 0) is 48.9 Å². The number of guanidine groups is 1. The minimum atomic E-state index is -0.234. The van der Waals surface area contributed by atoms with E-state index in [0.29, 0.717) is 33.9 Å².